The Morgan fingerprint density at radius 3 is 1.75 bits per heavy atom. The minimum absolute atomic E-state index is 0.736. The lowest BCUT2D eigenvalue weighted by molar-refractivity contribution is 0.971. The summed E-state index contributed by atoms with van der Waals surface area (Å²) in [5.41, 5.74) is 0. The first-order chi connectivity index (χ1) is 5.85. The molecule has 0 aliphatic rings. The van der Waals surface area contributed by atoms with Crippen molar-refractivity contribution in [2.75, 3.05) is 7.05 Å². The standard InChI is InChI=1S/C6H10N2.2C2H6/c1-4-5-6(7-2)8-3;2*1-2/h4-5,8H,1-2H2,3H3;2*1-2H3/b6-5+;;. The van der Waals surface area contributed by atoms with Crippen molar-refractivity contribution in [1.29, 1.82) is 0 Å². The van der Waals surface area contributed by atoms with Crippen LogP contribution < -0.4 is 5.32 Å². The van der Waals surface area contributed by atoms with Crippen LogP contribution in [0.25, 0.3) is 0 Å². The molecule has 1 N–H and O–H groups in total. The second-order valence-electron chi connectivity index (χ2n) is 1.20. The van der Waals surface area contributed by atoms with Gasteiger partial charge in [0.1, 0.15) is 5.82 Å². The van der Waals surface area contributed by atoms with Crippen LogP contribution >= 0.6 is 0 Å². The van der Waals surface area contributed by atoms with E-state index >= 15 is 0 Å². The normalized spacial score (nSPS) is 7.92. The fraction of sp³-hybridized carbons (Fsp3) is 0.500. The molecule has 12 heavy (non-hydrogen) atoms. The highest BCUT2D eigenvalue weighted by atomic mass is 15.0. The van der Waals surface area contributed by atoms with E-state index < -0.39 is 0 Å². The van der Waals surface area contributed by atoms with E-state index in [1.165, 1.54) is 0 Å². The van der Waals surface area contributed by atoms with Gasteiger partial charge in [-0.15, -0.1) is 0 Å². The molecule has 0 heterocycles. The number of hydrogen-bond donors (Lipinski definition) is 1. The third-order valence-corrected chi connectivity index (χ3v) is 0.702. The Morgan fingerprint density at radius 2 is 1.67 bits per heavy atom. The van der Waals surface area contributed by atoms with E-state index in [0.717, 1.165) is 5.82 Å². The van der Waals surface area contributed by atoms with Crippen LogP contribution in [0.3, 0.4) is 0 Å². The minimum Gasteiger partial charge on any atom is -0.373 e. The van der Waals surface area contributed by atoms with Crippen molar-refractivity contribution in [3.05, 3.63) is 24.6 Å². The van der Waals surface area contributed by atoms with Crippen molar-refractivity contribution in [2.45, 2.75) is 27.7 Å². The van der Waals surface area contributed by atoms with Gasteiger partial charge >= 0.3 is 0 Å². The van der Waals surface area contributed by atoms with Gasteiger partial charge in [-0.1, -0.05) is 40.3 Å². The summed E-state index contributed by atoms with van der Waals surface area (Å²) in [5.74, 6) is 0.736. The lowest BCUT2D eigenvalue weighted by Gasteiger charge is -1.93. The maximum atomic E-state index is 3.62. The van der Waals surface area contributed by atoms with Crippen LogP contribution in [0.1, 0.15) is 27.7 Å². The summed E-state index contributed by atoms with van der Waals surface area (Å²) in [4.78, 5) is 3.62. The molecular formula is C10H22N2. The SMILES string of the molecule is C=C/C=C(\N=C)NC.CC.CC. The van der Waals surface area contributed by atoms with E-state index in [1.54, 1.807) is 19.2 Å². The summed E-state index contributed by atoms with van der Waals surface area (Å²) < 4.78 is 0. The van der Waals surface area contributed by atoms with E-state index in [-0.39, 0.29) is 0 Å². The van der Waals surface area contributed by atoms with Crippen LogP contribution in [0, 0.1) is 0 Å². The monoisotopic (exact) mass is 170 g/mol. The van der Waals surface area contributed by atoms with Gasteiger partial charge in [0.05, 0.1) is 0 Å². The molecule has 0 aromatic carbocycles. The Balaban J connectivity index is -0.000000175. The topological polar surface area (TPSA) is 24.4 Å². The molecule has 0 spiro atoms. The van der Waals surface area contributed by atoms with Crippen molar-refractivity contribution in [3.8, 4) is 0 Å². The minimum atomic E-state index is 0.736. The van der Waals surface area contributed by atoms with Gasteiger partial charge in [0, 0.05) is 7.05 Å². The summed E-state index contributed by atoms with van der Waals surface area (Å²) in [6, 6.07) is 0. The van der Waals surface area contributed by atoms with Gasteiger partial charge in [0.25, 0.3) is 0 Å². The molecule has 0 saturated carbocycles. The van der Waals surface area contributed by atoms with Gasteiger partial charge in [-0.05, 0) is 12.8 Å². The van der Waals surface area contributed by atoms with Crippen LogP contribution in [0.5, 0.6) is 0 Å². The molecule has 2 heteroatoms. The Morgan fingerprint density at radius 1 is 1.25 bits per heavy atom. The molecule has 0 aromatic heterocycles. The molecule has 0 aromatic rings. The summed E-state index contributed by atoms with van der Waals surface area (Å²) in [5, 5.41) is 2.81. The van der Waals surface area contributed by atoms with Gasteiger partial charge in [-0.25, -0.2) is 4.99 Å². The molecule has 0 bridgehead atoms. The summed E-state index contributed by atoms with van der Waals surface area (Å²) in [7, 11) is 1.78. The van der Waals surface area contributed by atoms with E-state index in [1.807, 2.05) is 27.7 Å². The third kappa shape index (κ3) is 16.0. The Bertz CT molecular complexity index is 115. The maximum absolute atomic E-state index is 3.62. The van der Waals surface area contributed by atoms with Crippen molar-refractivity contribution < 1.29 is 0 Å². The predicted octanol–water partition coefficient (Wildman–Crippen LogP) is 2.99. The van der Waals surface area contributed by atoms with Crippen LogP contribution in [0.15, 0.2) is 29.5 Å². The number of nitrogens with zero attached hydrogens (tertiary/aromatic N) is 1. The number of allylic oxidation sites excluding steroid dienone is 2. The van der Waals surface area contributed by atoms with Crippen molar-refractivity contribution >= 4 is 6.72 Å². The van der Waals surface area contributed by atoms with E-state index in [4.69, 9.17) is 0 Å². The van der Waals surface area contributed by atoms with Gasteiger partial charge in [-0.3, -0.25) is 0 Å². The van der Waals surface area contributed by atoms with E-state index in [0.29, 0.717) is 0 Å². The fourth-order valence-corrected chi connectivity index (χ4v) is 0.327. The zero-order valence-electron chi connectivity index (χ0n) is 9.02. The van der Waals surface area contributed by atoms with Crippen molar-refractivity contribution in [2.24, 2.45) is 4.99 Å². The van der Waals surface area contributed by atoms with Gasteiger partial charge in [-0.2, -0.15) is 0 Å². The van der Waals surface area contributed by atoms with Crippen LogP contribution in [0.4, 0.5) is 0 Å². The highest BCUT2D eigenvalue weighted by Gasteiger charge is 1.77. The molecule has 0 fully saturated rings. The molecular weight excluding hydrogens is 148 g/mol. The molecule has 0 aliphatic carbocycles. The predicted molar refractivity (Wildman–Crippen MR) is 59.6 cm³/mol. The quantitative estimate of drug-likeness (QED) is 0.511. The Kier molecular flexibility index (Phi) is 32.2. The number of aliphatic imine (C=N–C) groups is 1. The number of rotatable bonds is 3. The average molecular weight is 170 g/mol. The second-order valence-corrected chi connectivity index (χ2v) is 1.20. The first kappa shape index (κ1) is 17.2. The lowest BCUT2D eigenvalue weighted by Crippen LogP contribution is -2.01. The van der Waals surface area contributed by atoms with Crippen molar-refractivity contribution in [1.82, 2.24) is 5.32 Å². The van der Waals surface area contributed by atoms with Crippen LogP contribution in [0.2, 0.25) is 0 Å². The number of hydrogen-bond acceptors (Lipinski definition) is 2. The average Bonchev–Trinajstić information content (AvgIpc) is 2.20. The zero-order chi connectivity index (χ0) is 10.4. The van der Waals surface area contributed by atoms with Gasteiger partial charge in [0.15, 0.2) is 0 Å². The van der Waals surface area contributed by atoms with Gasteiger partial charge in [0.2, 0.25) is 0 Å². The molecule has 0 rings (SSSR count). The molecule has 0 unspecified atom stereocenters. The first-order valence-corrected chi connectivity index (χ1v) is 4.32. The summed E-state index contributed by atoms with van der Waals surface area (Å²) in [6.45, 7) is 14.8. The van der Waals surface area contributed by atoms with Crippen LogP contribution in [-0.2, 0) is 0 Å². The first-order valence-electron chi connectivity index (χ1n) is 4.32. The third-order valence-electron chi connectivity index (χ3n) is 0.702. The molecule has 0 saturated heterocycles. The molecule has 0 aliphatic heterocycles. The highest BCUT2D eigenvalue weighted by molar-refractivity contribution is 5.29. The van der Waals surface area contributed by atoms with Crippen molar-refractivity contribution in [3.63, 3.8) is 0 Å². The largest absolute Gasteiger partial charge is 0.373 e. The van der Waals surface area contributed by atoms with Crippen LogP contribution in [-0.4, -0.2) is 13.8 Å². The molecule has 2 nitrogen and oxygen atoms in total. The molecule has 0 atom stereocenters. The summed E-state index contributed by atoms with van der Waals surface area (Å²) >= 11 is 0. The van der Waals surface area contributed by atoms with E-state index in [9.17, 15) is 0 Å². The Labute approximate surface area is 77.1 Å². The molecule has 72 valence electrons. The smallest absolute Gasteiger partial charge is 0.124 e. The number of nitrogens with one attached hydrogen (secondary N) is 1. The van der Waals surface area contributed by atoms with Gasteiger partial charge < -0.3 is 5.32 Å². The molecule has 0 radical (unpaired) electrons. The van der Waals surface area contributed by atoms with E-state index in [2.05, 4.69) is 23.6 Å². The fourth-order valence-electron chi connectivity index (χ4n) is 0.327. The highest BCUT2D eigenvalue weighted by Crippen LogP contribution is 1.85. The Hall–Kier alpha value is -1.05. The zero-order valence-corrected chi connectivity index (χ0v) is 9.02. The maximum Gasteiger partial charge on any atom is 0.124 e. The second kappa shape index (κ2) is 22.5. The molecule has 0 amide bonds. The summed E-state index contributed by atoms with van der Waals surface area (Å²) in [6.07, 6.45) is 3.40. The lowest BCUT2D eigenvalue weighted by atomic mass is 10.5.